The third-order valence-corrected chi connectivity index (χ3v) is 7.77. The molecule has 0 saturated carbocycles. The van der Waals surface area contributed by atoms with Crippen LogP contribution in [-0.2, 0) is 10.0 Å². The summed E-state index contributed by atoms with van der Waals surface area (Å²) in [5.74, 6) is 1.03. The van der Waals surface area contributed by atoms with Crippen LogP contribution in [0.15, 0.2) is 47.4 Å². The molecule has 168 valence electrons. The third-order valence-electron chi connectivity index (χ3n) is 5.87. The number of sulfonamides is 1. The number of piperidine rings is 1. The molecule has 7 heteroatoms. The Morgan fingerprint density at radius 1 is 1.16 bits per heavy atom. The van der Waals surface area contributed by atoms with E-state index in [9.17, 15) is 13.2 Å². The summed E-state index contributed by atoms with van der Waals surface area (Å²) < 4.78 is 33.2. The summed E-state index contributed by atoms with van der Waals surface area (Å²) in [7, 11) is -3.61. The first kappa shape index (κ1) is 23.3. The molecular formula is C24H32N2O4S. The van der Waals surface area contributed by atoms with Crippen molar-refractivity contribution in [1.29, 1.82) is 0 Å². The maximum absolute atomic E-state index is 13.1. The molecular weight excluding hydrogens is 412 g/mol. The summed E-state index contributed by atoms with van der Waals surface area (Å²) in [6, 6.07) is 12.2. The Kier molecular flexibility index (Phi) is 7.38. The maximum Gasteiger partial charge on any atom is 0.252 e. The largest absolute Gasteiger partial charge is 0.494 e. The van der Waals surface area contributed by atoms with Gasteiger partial charge in [-0.25, -0.2) is 8.42 Å². The first-order valence-corrected chi connectivity index (χ1v) is 12.3. The minimum atomic E-state index is -3.61. The van der Waals surface area contributed by atoms with Gasteiger partial charge >= 0.3 is 0 Å². The summed E-state index contributed by atoms with van der Waals surface area (Å²) in [5, 5.41) is 2.98. The van der Waals surface area contributed by atoms with E-state index in [1.807, 2.05) is 45.0 Å². The molecule has 0 aromatic heterocycles. The van der Waals surface area contributed by atoms with Gasteiger partial charge in [0.25, 0.3) is 5.91 Å². The van der Waals surface area contributed by atoms with Crippen LogP contribution in [0.1, 0.15) is 61.1 Å². The van der Waals surface area contributed by atoms with Gasteiger partial charge in [0.2, 0.25) is 10.0 Å². The van der Waals surface area contributed by atoms with Gasteiger partial charge in [0, 0.05) is 18.7 Å². The van der Waals surface area contributed by atoms with Gasteiger partial charge in [-0.1, -0.05) is 25.1 Å². The zero-order valence-electron chi connectivity index (χ0n) is 18.7. The highest BCUT2D eigenvalue weighted by atomic mass is 32.2. The van der Waals surface area contributed by atoms with E-state index in [1.165, 1.54) is 10.4 Å². The molecule has 1 N–H and O–H groups in total. The summed E-state index contributed by atoms with van der Waals surface area (Å²) in [4.78, 5) is 13.1. The molecule has 0 aliphatic carbocycles. The maximum atomic E-state index is 13.1. The highest BCUT2D eigenvalue weighted by Crippen LogP contribution is 2.25. The summed E-state index contributed by atoms with van der Waals surface area (Å²) in [5.41, 5.74) is 2.06. The number of ether oxygens (including phenoxy) is 1. The molecule has 2 aromatic carbocycles. The van der Waals surface area contributed by atoms with Crippen molar-refractivity contribution in [3.63, 3.8) is 0 Å². The van der Waals surface area contributed by atoms with Crippen molar-refractivity contribution in [2.45, 2.75) is 51.5 Å². The quantitative estimate of drug-likeness (QED) is 0.691. The lowest BCUT2D eigenvalue weighted by molar-refractivity contribution is 0.0939. The molecule has 6 nitrogen and oxygen atoms in total. The van der Waals surface area contributed by atoms with Crippen molar-refractivity contribution in [3.8, 4) is 5.75 Å². The molecule has 1 fully saturated rings. The molecule has 1 unspecified atom stereocenters. The van der Waals surface area contributed by atoms with E-state index in [0.717, 1.165) is 29.7 Å². The number of nitrogens with zero attached hydrogens (tertiary/aromatic N) is 1. The molecule has 31 heavy (non-hydrogen) atoms. The fourth-order valence-electron chi connectivity index (χ4n) is 3.76. The molecule has 1 aliphatic rings. The Morgan fingerprint density at radius 3 is 2.42 bits per heavy atom. The van der Waals surface area contributed by atoms with E-state index in [0.29, 0.717) is 31.2 Å². The molecule has 3 rings (SSSR count). The minimum Gasteiger partial charge on any atom is -0.494 e. The van der Waals surface area contributed by atoms with Gasteiger partial charge < -0.3 is 10.1 Å². The van der Waals surface area contributed by atoms with Gasteiger partial charge in [-0.15, -0.1) is 0 Å². The topological polar surface area (TPSA) is 75.7 Å². The van der Waals surface area contributed by atoms with Gasteiger partial charge in [-0.05, 0) is 74.9 Å². The van der Waals surface area contributed by atoms with Crippen molar-refractivity contribution in [1.82, 2.24) is 9.62 Å². The van der Waals surface area contributed by atoms with Crippen LogP contribution in [0.3, 0.4) is 0 Å². The molecule has 1 aliphatic heterocycles. The Morgan fingerprint density at radius 2 is 1.81 bits per heavy atom. The fourth-order valence-corrected chi connectivity index (χ4v) is 5.25. The smallest absolute Gasteiger partial charge is 0.252 e. The second-order valence-electron chi connectivity index (χ2n) is 8.26. The summed E-state index contributed by atoms with van der Waals surface area (Å²) in [6.07, 6.45) is 1.72. The van der Waals surface area contributed by atoms with Gasteiger partial charge in [0.1, 0.15) is 5.75 Å². The van der Waals surface area contributed by atoms with Crippen LogP contribution in [0.2, 0.25) is 0 Å². The van der Waals surface area contributed by atoms with Crippen molar-refractivity contribution in [3.05, 3.63) is 59.2 Å². The molecule has 0 radical (unpaired) electrons. The number of carbonyl (C=O) groups is 1. The van der Waals surface area contributed by atoms with Crippen molar-refractivity contribution in [2.24, 2.45) is 5.92 Å². The number of benzene rings is 2. The lowest BCUT2D eigenvalue weighted by Crippen LogP contribution is -2.38. The lowest BCUT2D eigenvalue weighted by Gasteiger charge is -2.29. The second-order valence-corrected chi connectivity index (χ2v) is 10.2. The molecule has 1 saturated heterocycles. The van der Waals surface area contributed by atoms with Crippen molar-refractivity contribution in [2.75, 3.05) is 19.7 Å². The van der Waals surface area contributed by atoms with Crippen molar-refractivity contribution < 1.29 is 17.9 Å². The van der Waals surface area contributed by atoms with E-state index < -0.39 is 10.0 Å². The first-order chi connectivity index (χ1) is 14.7. The van der Waals surface area contributed by atoms with Crippen LogP contribution < -0.4 is 10.1 Å². The van der Waals surface area contributed by atoms with Crippen LogP contribution in [-0.4, -0.2) is 38.3 Å². The number of amides is 1. The normalized spacial score (nSPS) is 16.6. The fraction of sp³-hybridized carbons (Fsp3) is 0.458. The average molecular weight is 445 g/mol. The van der Waals surface area contributed by atoms with Crippen LogP contribution in [0.25, 0.3) is 0 Å². The van der Waals surface area contributed by atoms with Gasteiger partial charge in [-0.3, -0.25) is 4.79 Å². The van der Waals surface area contributed by atoms with Crippen LogP contribution >= 0.6 is 0 Å². The first-order valence-electron chi connectivity index (χ1n) is 10.9. The van der Waals surface area contributed by atoms with Gasteiger partial charge in [0.15, 0.2) is 0 Å². The molecule has 1 atom stereocenters. The van der Waals surface area contributed by atoms with E-state index in [-0.39, 0.29) is 16.8 Å². The number of nitrogens with one attached hydrogen (secondary N) is 1. The number of aryl methyl sites for hydroxylation is 1. The number of rotatable bonds is 7. The number of carbonyl (C=O) groups excluding carboxylic acids is 1. The Labute approximate surface area is 185 Å². The zero-order chi connectivity index (χ0) is 22.6. The number of hydrogen-bond donors (Lipinski definition) is 1. The van der Waals surface area contributed by atoms with E-state index in [1.54, 1.807) is 12.1 Å². The molecule has 0 spiro atoms. The Bertz CT molecular complexity index is 1010. The van der Waals surface area contributed by atoms with Gasteiger partial charge in [0.05, 0.1) is 17.5 Å². The average Bonchev–Trinajstić information content (AvgIpc) is 2.75. The third kappa shape index (κ3) is 5.46. The van der Waals surface area contributed by atoms with Gasteiger partial charge in [-0.2, -0.15) is 4.31 Å². The molecule has 1 amide bonds. The van der Waals surface area contributed by atoms with E-state index in [2.05, 4.69) is 12.2 Å². The van der Waals surface area contributed by atoms with Crippen LogP contribution in [0.5, 0.6) is 5.75 Å². The van der Waals surface area contributed by atoms with Crippen LogP contribution in [0.4, 0.5) is 0 Å². The standard InChI is InChI=1S/C24H32N2O4S/c1-5-30-21-9-7-20(8-10-21)19(4)25-24(27)23-16-22(11-6-18(23)3)31(28,29)26-14-12-17(2)13-15-26/h6-11,16-17,19H,5,12-15H2,1-4H3,(H,25,27). The van der Waals surface area contributed by atoms with E-state index in [4.69, 9.17) is 4.74 Å². The predicted molar refractivity (Wildman–Crippen MR) is 122 cm³/mol. The molecule has 1 heterocycles. The minimum absolute atomic E-state index is 0.173. The summed E-state index contributed by atoms with van der Waals surface area (Å²) >= 11 is 0. The Balaban J connectivity index is 1.76. The number of hydrogen-bond acceptors (Lipinski definition) is 4. The second kappa shape index (κ2) is 9.83. The lowest BCUT2D eigenvalue weighted by atomic mass is 10.0. The van der Waals surface area contributed by atoms with Crippen LogP contribution in [0, 0.1) is 12.8 Å². The summed E-state index contributed by atoms with van der Waals surface area (Å²) in [6.45, 7) is 9.43. The highest BCUT2D eigenvalue weighted by molar-refractivity contribution is 7.89. The monoisotopic (exact) mass is 444 g/mol. The van der Waals surface area contributed by atoms with Crippen molar-refractivity contribution >= 4 is 15.9 Å². The SMILES string of the molecule is CCOc1ccc(C(C)NC(=O)c2cc(S(=O)(=O)N3CCC(C)CC3)ccc2C)cc1. The van der Waals surface area contributed by atoms with E-state index >= 15 is 0 Å². The Hall–Kier alpha value is -2.38. The predicted octanol–water partition coefficient (Wildman–Crippen LogP) is 4.31. The molecule has 2 aromatic rings. The molecule has 0 bridgehead atoms. The zero-order valence-corrected chi connectivity index (χ0v) is 19.5. The highest BCUT2D eigenvalue weighted by Gasteiger charge is 2.29.